The van der Waals surface area contributed by atoms with Crippen molar-refractivity contribution in [2.45, 2.75) is 20.8 Å². The van der Waals surface area contributed by atoms with Crippen molar-refractivity contribution < 1.29 is 9.47 Å². The van der Waals surface area contributed by atoms with Crippen LogP contribution >= 0.6 is 11.9 Å². The van der Waals surface area contributed by atoms with Crippen LogP contribution in [-0.4, -0.2) is 6.26 Å². The Bertz CT molecular complexity index is 308. The molecule has 0 bridgehead atoms. The van der Waals surface area contributed by atoms with Crippen molar-refractivity contribution in [2.75, 3.05) is 16.7 Å². The molecule has 86 valence electrons. The Morgan fingerprint density at radius 3 is 2.47 bits per heavy atom. The van der Waals surface area contributed by atoms with Gasteiger partial charge in [-0.25, -0.2) is 0 Å². The van der Waals surface area contributed by atoms with Gasteiger partial charge in [-0.1, -0.05) is 25.8 Å². The Hall–Kier alpha value is -1.10. The molecule has 0 fully saturated rings. The minimum atomic E-state index is 0.154. The fraction of sp³-hybridized carbons (Fsp3) is 0.400. The SMILES string of the molecule is CC.CSNc1cc(N)c(C)cc1OF. The second-order valence-electron chi connectivity index (χ2n) is 2.59. The van der Waals surface area contributed by atoms with Gasteiger partial charge in [-0.3, -0.25) is 4.94 Å². The fourth-order valence-corrected chi connectivity index (χ4v) is 1.33. The fourth-order valence-electron chi connectivity index (χ4n) is 0.952. The molecule has 0 saturated heterocycles. The van der Waals surface area contributed by atoms with Crippen LogP contribution in [0.15, 0.2) is 12.1 Å². The third-order valence-electron chi connectivity index (χ3n) is 1.66. The standard InChI is InChI=1S/C8H11FN2OS.C2H6/c1-5-3-8(12-9)7(11-13-2)4-6(5)10;1-2/h3-4,11H,10H2,1-2H3;1-2H3. The molecule has 5 heteroatoms. The zero-order chi connectivity index (χ0) is 11.8. The van der Waals surface area contributed by atoms with E-state index in [2.05, 4.69) is 9.66 Å². The van der Waals surface area contributed by atoms with E-state index in [0.29, 0.717) is 11.4 Å². The molecule has 0 unspecified atom stereocenters. The summed E-state index contributed by atoms with van der Waals surface area (Å²) in [5.74, 6) is 0.154. The molecular formula is C10H17FN2OS. The number of hydrogen-bond acceptors (Lipinski definition) is 4. The monoisotopic (exact) mass is 232 g/mol. The summed E-state index contributed by atoms with van der Waals surface area (Å²) in [5, 5.41) is 0. The summed E-state index contributed by atoms with van der Waals surface area (Å²) in [6.45, 7) is 5.79. The maximum absolute atomic E-state index is 12.0. The summed E-state index contributed by atoms with van der Waals surface area (Å²) in [5.41, 5.74) is 7.59. The van der Waals surface area contributed by atoms with Crippen LogP contribution in [0, 0.1) is 6.92 Å². The molecule has 0 aromatic heterocycles. The Morgan fingerprint density at radius 2 is 2.00 bits per heavy atom. The molecule has 0 heterocycles. The topological polar surface area (TPSA) is 47.3 Å². The van der Waals surface area contributed by atoms with Gasteiger partial charge in [0.05, 0.1) is 5.69 Å². The quantitative estimate of drug-likeness (QED) is 0.618. The first-order valence-electron chi connectivity index (χ1n) is 4.66. The molecule has 0 spiro atoms. The van der Waals surface area contributed by atoms with E-state index in [-0.39, 0.29) is 5.75 Å². The van der Waals surface area contributed by atoms with Crippen LogP contribution in [0.4, 0.5) is 15.9 Å². The van der Waals surface area contributed by atoms with Crippen LogP contribution in [0.2, 0.25) is 0 Å². The van der Waals surface area contributed by atoms with Crippen molar-refractivity contribution in [3.63, 3.8) is 0 Å². The van der Waals surface area contributed by atoms with Gasteiger partial charge in [0.25, 0.3) is 0 Å². The number of hydrogen-bond donors (Lipinski definition) is 2. The molecule has 0 saturated carbocycles. The van der Waals surface area contributed by atoms with E-state index >= 15 is 0 Å². The van der Waals surface area contributed by atoms with Crippen molar-refractivity contribution in [2.24, 2.45) is 0 Å². The number of aryl methyl sites for hydroxylation is 1. The summed E-state index contributed by atoms with van der Waals surface area (Å²) in [7, 11) is 0. The molecule has 0 amide bonds. The molecule has 15 heavy (non-hydrogen) atoms. The van der Waals surface area contributed by atoms with Crippen molar-refractivity contribution in [3.8, 4) is 5.75 Å². The first-order valence-corrected chi connectivity index (χ1v) is 5.89. The lowest BCUT2D eigenvalue weighted by Gasteiger charge is -2.08. The van der Waals surface area contributed by atoms with Crippen molar-refractivity contribution in [3.05, 3.63) is 17.7 Å². The van der Waals surface area contributed by atoms with Crippen LogP contribution in [-0.2, 0) is 0 Å². The number of nitrogen functional groups attached to an aromatic ring is 1. The zero-order valence-electron chi connectivity index (χ0n) is 9.43. The number of rotatable bonds is 3. The lowest BCUT2D eigenvalue weighted by atomic mass is 10.2. The van der Waals surface area contributed by atoms with Gasteiger partial charge in [0.1, 0.15) is 0 Å². The highest BCUT2D eigenvalue weighted by Crippen LogP contribution is 2.31. The van der Waals surface area contributed by atoms with E-state index in [1.165, 1.54) is 11.9 Å². The Balaban J connectivity index is 0.000000921. The van der Waals surface area contributed by atoms with Crippen LogP contribution in [0.25, 0.3) is 0 Å². The molecule has 3 N–H and O–H groups in total. The van der Waals surface area contributed by atoms with E-state index in [0.717, 1.165) is 5.56 Å². The highest BCUT2D eigenvalue weighted by molar-refractivity contribution is 7.99. The van der Waals surface area contributed by atoms with Crippen molar-refractivity contribution in [1.29, 1.82) is 0 Å². The smallest absolute Gasteiger partial charge is 0.196 e. The molecule has 1 rings (SSSR count). The molecular weight excluding hydrogens is 215 g/mol. The molecule has 1 aromatic carbocycles. The maximum Gasteiger partial charge on any atom is 0.196 e. The molecule has 3 nitrogen and oxygen atoms in total. The van der Waals surface area contributed by atoms with Gasteiger partial charge < -0.3 is 10.5 Å². The minimum Gasteiger partial charge on any atom is -0.398 e. The lowest BCUT2D eigenvalue weighted by molar-refractivity contribution is -0.00525. The minimum absolute atomic E-state index is 0.154. The van der Waals surface area contributed by atoms with Crippen LogP contribution in [0.1, 0.15) is 19.4 Å². The Morgan fingerprint density at radius 1 is 1.40 bits per heavy atom. The van der Waals surface area contributed by atoms with Gasteiger partial charge in [-0.2, -0.15) is 0 Å². The van der Waals surface area contributed by atoms with E-state index in [1.807, 2.05) is 20.1 Å². The first-order chi connectivity index (χ1) is 7.19. The molecule has 0 aliphatic heterocycles. The molecule has 0 aliphatic carbocycles. The average Bonchev–Trinajstić information content (AvgIpc) is 2.26. The van der Waals surface area contributed by atoms with Gasteiger partial charge in [0.2, 0.25) is 0 Å². The average molecular weight is 232 g/mol. The highest BCUT2D eigenvalue weighted by atomic mass is 32.2. The normalized spacial score (nSPS) is 8.87. The van der Waals surface area contributed by atoms with Gasteiger partial charge in [-0.05, 0) is 24.6 Å². The summed E-state index contributed by atoms with van der Waals surface area (Å²) in [4.78, 5) is 3.70. The largest absolute Gasteiger partial charge is 0.398 e. The van der Waals surface area contributed by atoms with Crippen molar-refractivity contribution >= 4 is 23.3 Å². The van der Waals surface area contributed by atoms with Gasteiger partial charge in [0.15, 0.2) is 5.75 Å². The Kier molecular flexibility index (Phi) is 6.70. The van der Waals surface area contributed by atoms with E-state index in [9.17, 15) is 4.53 Å². The third-order valence-corrected chi connectivity index (χ3v) is 2.09. The van der Waals surface area contributed by atoms with E-state index in [4.69, 9.17) is 5.73 Å². The predicted molar refractivity (Wildman–Crippen MR) is 65.8 cm³/mol. The predicted octanol–water partition coefficient (Wildman–Crippen LogP) is 3.56. The second kappa shape index (κ2) is 7.23. The molecule has 0 radical (unpaired) electrons. The summed E-state index contributed by atoms with van der Waals surface area (Å²) < 4.78 is 14.9. The van der Waals surface area contributed by atoms with Crippen LogP contribution in [0.5, 0.6) is 5.75 Å². The van der Waals surface area contributed by atoms with Crippen LogP contribution < -0.4 is 15.4 Å². The number of halogens is 1. The Labute approximate surface area is 94.2 Å². The van der Waals surface area contributed by atoms with Gasteiger partial charge in [0, 0.05) is 16.5 Å². The number of anilines is 2. The maximum atomic E-state index is 12.0. The summed E-state index contributed by atoms with van der Waals surface area (Å²) >= 11 is 1.35. The first kappa shape index (κ1) is 13.9. The zero-order valence-corrected chi connectivity index (χ0v) is 10.2. The van der Waals surface area contributed by atoms with Crippen molar-refractivity contribution in [1.82, 2.24) is 0 Å². The summed E-state index contributed by atoms with van der Waals surface area (Å²) in [6.07, 6.45) is 1.83. The van der Waals surface area contributed by atoms with Crippen LogP contribution in [0.3, 0.4) is 0 Å². The van der Waals surface area contributed by atoms with E-state index in [1.54, 1.807) is 19.1 Å². The lowest BCUT2D eigenvalue weighted by Crippen LogP contribution is -1.95. The molecule has 0 aliphatic rings. The summed E-state index contributed by atoms with van der Waals surface area (Å²) in [6, 6.07) is 3.19. The number of nitrogens with one attached hydrogen (secondary N) is 1. The van der Waals surface area contributed by atoms with Gasteiger partial charge >= 0.3 is 0 Å². The van der Waals surface area contributed by atoms with Gasteiger partial charge in [-0.15, -0.1) is 0 Å². The third kappa shape index (κ3) is 3.87. The number of benzene rings is 1. The molecule has 0 atom stereocenters. The second-order valence-corrected chi connectivity index (χ2v) is 3.20. The highest BCUT2D eigenvalue weighted by Gasteiger charge is 2.06. The van der Waals surface area contributed by atoms with E-state index < -0.39 is 0 Å². The molecule has 1 aromatic rings. The number of nitrogens with two attached hydrogens (primary N) is 1.